The fourth-order valence-corrected chi connectivity index (χ4v) is 4.21. The van der Waals surface area contributed by atoms with E-state index in [9.17, 15) is 0 Å². The van der Waals surface area contributed by atoms with Gasteiger partial charge < -0.3 is 5.32 Å². The van der Waals surface area contributed by atoms with Crippen LogP contribution in [0.15, 0.2) is 24.3 Å². The van der Waals surface area contributed by atoms with Crippen molar-refractivity contribution < 1.29 is 0 Å². The molecule has 0 radical (unpaired) electrons. The molecule has 112 valence electrons. The molecule has 1 nitrogen and oxygen atoms in total. The van der Waals surface area contributed by atoms with Gasteiger partial charge in [-0.25, -0.2) is 0 Å². The van der Waals surface area contributed by atoms with Gasteiger partial charge in [0.15, 0.2) is 0 Å². The first-order valence-electron chi connectivity index (χ1n) is 7.83. The van der Waals surface area contributed by atoms with E-state index in [0.717, 1.165) is 23.9 Å². The molecule has 1 unspecified atom stereocenters. The molecule has 0 aliphatic carbocycles. The van der Waals surface area contributed by atoms with E-state index >= 15 is 0 Å². The van der Waals surface area contributed by atoms with Crippen molar-refractivity contribution in [3.05, 3.63) is 34.9 Å². The Morgan fingerprint density at radius 2 is 1.95 bits per heavy atom. The smallest absolute Gasteiger partial charge is 0.0406 e. The monoisotopic (exact) mass is 311 g/mol. The molecule has 20 heavy (non-hydrogen) atoms. The minimum atomic E-state index is 0.615. The summed E-state index contributed by atoms with van der Waals surface area (Å²) in [6.45, 7) is 3.36. The van der Waals surface area contributed by atoms with Gasteiger partial charge in [-0.15, -0.1) is 0 Å². The molecule has 0 spiro atoms. The molecule has 1 saturated heterocycles. The Balaban J connectivity index is 1.89. The van der Waals surface area contributed by atoms with E-state index in [1.54, 1.807) is 0 Å². The van der Waals surface area contributed by atoms with E-state index in [-0.39, 0.29) is 0 Å². The van der Waals surface area contributed by atoms with Gasteiger partial charge in [-0.05, 0) is 73.8 Å². The number of halogens is 1. The summed E-state index contributed by atoms with van der Waals surface area (Å²) in [7, 11) is 0. The first kappa shape index (κ1) is 16.2. The van der Waals surface area contributed by atoms with Crippen molar-refractivity contribution in [1.82, 2.24) is 5.32 Å². The highest BCUT2D eigenvalue weighted by Gasteiger charge is 2.19. The van der Waals surface area contributed by atoms with Crippen molar-refractivity contribution in [2.45, 2.75) is 45.1 Å². The van der Waals surface area contributed by atoms with Crippen molar-refractivity contribution in [3.8, 4) is 0 Å². The van der Waals surface area contributed by atoms with Crippen LogP contribution < -0.4 is 5.32 Å². The highest BCUT2D eigenvalue weighted by Crippen LogP contribution is 2.27. The van der Waals surface area contributed by atoms with Crippen molar-refractivity contribution in [3.63, 3.8) is 0 Å². The summed E-state index contributed by atoms with van der Waals surface area (Å²) in [6.07, 6.45) is 6.45. The molecule has 2 rings (SSSR count). The number of rotatable bonds is 7. The van der Waals surface area contributed by atoms with E-state index < -0.39 is 0 Å². The molecule has 1 aromatic carbocycles. The lowest BCUT2D eigenvalue weighted by molar-refractivity contribution is 0.362. The lowest BCUT2D eigenvalue weighted by Crippen LogP contribution is -2.34. The Kier molecular flexibility index (Phi) is 7.26. The van der Waals surface area contributed by atoms with Gasteiger partial charge in [-0.1, -0.05) is 30.7 Å². The Bertz CT molecular complexity index is 373. The normalized spacial score (nSPS) is 18.1. The van der Waals surface area contributed by atoms with Crippen LogP contribution in [0.4, 0.5) is 0 Å². The second-order valence-electron chi connectivity index (χ2n) is 5.77. The molecule has 1 aliphatic heterocycles. The minimum absolute atomic E-state index is 0.615. The molecule has 1 N–H and O–H groups in total. The molecule has 1 fully saturated rings. The third kappa shape index (κ3) is 5.67. The van der Waals surface area contributed by atoms with Crippen LogP contribution in [0.1, 0.15) is 38.2 Å². The lowest BCUT2D eigenvalue weighted by Gasteiger charge is -2.27. The SMILES string of the molecule is CCCNC(Cc1ccc(Cl)cc1)CC1CCSCC1. The number of nitrogens with one attached hydrogen (secondary N) is 1. The Labute approximate surface area is 132 Å². The van der Waals surface area contributed by atoms with Crippen molar-refractivity contribution in [2.24, 2.45) is 5.92 Å². The van der Waals surface area contributed by atoms with E-state index in [0.29, 0.717) is 6.04 Å². The lowest BCUT2D eigenvalue weighted by atomic mass is 9.91. The van der Waals surface area contributed by atoms with Crippen LogP contribution in [0.5, 0.6) is 0 Å². The molecular weight excluding hydrogens is 286 g/mol. The molecule has 0 saturated carbocycles. The average Bonchev–Trinajstić information content (AvgIpc) is 2.48. The molecular formula is C17H26ClNS. The number of hydrogen-bond acceptors (Lipinski definition) is 2. The number of benzene rings is 1. The van der Waals surface area contributed by atoms with E-state index in [1.807, 2.05) is 12.1 Å². The zero-order valence-electron chi connectivity index (χ0n) is 12.4. The van der Waals surface area contributed by atoms with E-state index in [2.05, 4.69) is 36.1 Å². The van der Waals surface area contributed by atoms with Crippen LogP contribution in [0.3, 0.4) is 0 Å². The Morgan fingerprint density at radius 3 is 2.60 bits per heavy atom. The second kappa shape index (κ2) is 8.96. The van der Waals surface area contributed by atoms with Crippen LogP contribution in [0.25, 0.3) is 0 Å². The predicted molar refractivity (Wildman–Crippen MR) is 91.9 cm³/mol. The molecule has 1 atom stereocenters. The summed E-state index contributed by atoms with van der Waals surface area (Å²) in [5, 5.41) is 4.57. The second-order valence-corrected chi connectivity index (χ2v) is 7.43. The summed E-state index contributed by atoms with van der Waals surface area (Å²) >= 11 is 8.08. The fourth-order valence-electron chi connectivity index (χ4n) is 2.88. The molecule has 0 aromatic heterocycles. The van der Waals surface area contributed by atoms with Crippen LogP contribution in [0.2, 0.25) is 5.02 Å². The maximum absolute atomic E-state index is 5.97. The third-order valence-corrected chi connectivity index (χ3v) is 5.34. The maximum Gasteiger partial charge on any atom is 0.0406 e. The first-order chi connectivity index (χ1) is 9.78. The molecule has 0 amide bonds. The number of hydrogen-bond donors (Lipinski definition) is 1. The van der Waals surface area contributed by atoms with Crippen LogP contribution in [0, 0.1) is 5.92 Å². The third-order valence-electron chi connectivity index (χ3n) is 4.04. The standard InChI is InChI=1S/C17H26ClNS/c1-2-9-19-17(13-15-7-10-20-11-8-15)12-14-3-5-16(18)6-4-14/h3-6,15,17,19H,2,7-13H2,1H3. The van der Waals surface area contributed by atoms with Crippen molar-refractivity contribution in [1.29, 1.82) is 0 Å². The van der Waals surface area contributed by atoms with Crippen molar-refractivity contribution in [2.75, 3.05) is 18.1 Å². The van der Waals surface area contributed by atoms with Gasteiger partial charge in [0.1, 0.15) is 0 Å². The molecule has 3 heteroatoms. The van der Waals surface area contributed by atoms with Gasteiger partial charge >= 0.3 is 0 Å². The highest BCUT2D eigenvalue weighted by molar-refractivity contribution is 7.99. The van der Waals surface area contributed by atoms with Crippen LogP contribution in [-0.2, 0) is 6.42 Å². The largest absolute Gasteiger partial charge is 0.314 e. The highest BCUT2D eigenvalue weighted by atomic mass is 35.5. The van der Waals surface area contributed by atoms with E-state index in [4.69, 9.17) is 11.6 Å². The summed E-state index contributed by atoms with van der Waals surface area (Å²) in [4.78, 5) is 0. The summed E-state index contributed by atoms with van der Waals surface area (Å²) in [6, 6.07) is 8.96. The first-order valence-corrected chi connectivity index (χ1v) is 9.36. The molecule has 1 aliphatic rings. The van der Waals surface area contributed by atoms with Gasteiger partial charge in [0.2, 0.25) is 0 Å². The molecule has 1 aromatic rings. The van der Waals surface area contributed by atoms with Gasteiger partial charge in [-0.2, -0.15) is 11.8 Å². The molecule has 1 heterocycles. The Hall–Kier alpha value is -0.180. The summed E-state index contributed by atoms with van der Waals surface area (Å²) in [5.74, 6) is 3.62. The summed E-state index contributed by atoms with van der Waals surface area (Å²) < 4.78 is 0. The van der Waals surface area contributed by atoms with Gasteiger partial charge in [-0.3, -0.25) is 0 Å². The quantitative estimate of drug-likeness (QED) is 0.777. The Morgan fingerprint density at radius 1 is 1.25 bits per heavy atom. The zero-order chi connectivity index (χ0) is 14.2. The predicted octanol–water partition coefficient (Wildman–Crippen LogP) is 4.78. The average molecular weight is 312 g/mol. The van der Waals surface area contributed by atoms with Crippen LogP contribution >= 0.6 is 23.4 Å². The van der Waals surface area contributed by atoms with Crippen molar-refractivity contribution >= 4 is 23.4 Å². The zero-order valence-corrected chi connectivity index (χ0v) is 14.0. The summed E-state index contributed by atoms with van der Waals surface area (Å²) in [5.41, 5.74) is 1.40. The van der Waals surface area contributed by atoms with Gasteiger partial charge in [0, 0.05) is 11.1 Å². The number of thioether (sulfide) groups is 1. The van der Waals surface area contributed by atoms with E-state index in [1.165, 1.54) is 42.8 Å². The maximum atomic E-state index is 5.97. The van der Waals surface area contributed by atoms with Gasteiger partial charge in [0.25, 0.3) is 0 Å². The topological polar surface area (TPSA) is 12.0 Å². The fraction of sp³-hybridized carbons (Fsp3) is 0.647. The minimum Gasteiger partial charge on any atom is -0.314 e. The van der Waals surface area contributed by atoms with Crippen LogP contribution in [-0.4, -0.2) is 24.1 Å². The van der Waals surface area contributed by atoms with Gasteiger partial charge in [0.05, 0.1) is 0 Å². The molecule has 0 bridgehead atoms.